The number of aryl methyl sites for hydroxylation is 2. The molecule has 0 bridgehead atoms. The van der Waals surface area contributed by atoms with Gasteiger partial charge in [-0.25, -0.2) is 4.79 Å². The average Bonchev–Trinajstić information content (AvgIpc) is 3.02. The van der Waals surface area contributed by atoms with Crippen molar-refractivity contribution in [1.82, 2.24) is 10.2 Å². The third kappa shape index (κ3) is 4.35. The van der Waals surface area contributed by atoms with Gasteiger partial charge in [-0.1, -0.05) is 11.8 Å². The number of nitrogens with one attached hydrogen (secondary N) is 1. The maximum absolute atomic E-state index is 12.1. The zero-order valence-electron chi connectivity index (χ0n) is 13.6. The van der Waals surface area contributed by atoms with Gasteiger partial charge in [-0.3, -0.25) is 19.3 Å². The summed E-state index contributed by atoms with van der Waals surface area (Å²) in [5.74, 6) is -1.14. The first-order chi connectivity index (χ1) is 11.3. The van der Waals surface area contributed by atoms with E-state index in [9.17, 15) is 19.2 Å². The molecule has 1 fully saturated rings. The molecule has 130 valence electrons. The molecule has 2 heterocycles. The summed E-state index contributed by atoms with van der Waals surface area (Å²) >= 11 is 2.43. The largest absolute Gasteiger partial charge is 0.449 e. The summed E-state index contributed by atoms with van der Waals surface area (Å²) in [5, 5.41) is 2.25. The van der Waals surface area contributed by atoms with Gasteiger partial charge in [-0.2, -0.15) is 0 Å². The Morgan fingerprint density at radius 3 is 2.62 bits per heavy atom. The van der Waals surface area contributed by atoms with Crippen molar-refractivity contribution >= 4 is 46.1 Å². The molecular weight excluding hydrogens is 352 g/mol. The van der Waals surface area contributed by atoms with Crippen LogP contribution in [0.4, 0.5) is 4.79 Å². The Morgan fingerprint density at radius 1 is 1.38 bits per heavy atom. The fourth-order valence-electron chi connectivity index (χ4n) is 2.14. The molecule has 3 amide bonds. The van der Waals surface area contributed by atoms with Gasteiger partial charge in [-0.15, -0.1) is 11.3 Å². The molecule has 9 heteroatoms. The maximum atomic E-state index is 12.1. The van der Waals surface area contributed by atoms with Gasteiger partial charge in [0.1, 0.15) is 0 Å². The van der Waals surface area contributed by atoms with Crippen molar-refractivity contribution in [2.24, 2.45) is 0 Å². The molecule has 2 rings (SSSR count). The number of ether oxygens (including phenoxy) is 1. The number of nitrogens with zero attached hydrogens (tertiary/aromatic N) is 1. The highest BCUT2D eigenvalue weighted by atomic mass is 32.2. The van der Waals surface area contributed by atoms with Gasteiger partial charge in [0, 0.05) is 22.8 Å². The van der Waals surface area contributed by atoms with Crippen LogP contribution in [0.3, 0.4) is 0 Å². The zero-order chi connectivity index (χ0) is 17.9. The molecule has 0 aromatic carbocycles. The molecule has 1 aliphatic heterocycles. The number of carbonyl (C=O) groups is 4. The molecule has 1 aromatic heterocycles. The van der Waals surface area contributed by atoms with Gasteiger partial charge in [0.2, 0.25) is 5.91 Å². The van der Waals surface area contributed by atoms with Gasteiger partial charge < -0.3 is 10.1 Å². The lowest BCUT2D eigenvalue weighted by atomic mass is 10.2. The quantitative estimate of drug-likeness (QED) is 0.767. The number of imide groups is 1. The summed E-state index contributed by atoms with van der Waals surface area (Å²) in [6.45, 7) is 5.42. The molecule has 1 atom stereocenters. The number of thioether (sulfide) groups is 1. The Balaban J connectivity index is 1.80. The SMILES string of the molecule is Cc1cc(C(=O)O[C@H](C)C(=O)NCCN2C(=O)CSC2=O)c(C)s1. The number of hydrogen-bond acceptors (Lipinski definition) is 7. The summed E-state index contributed by atoms with van der Waals surface area (Å²) in [6, 6.07) is 1.73. The van der Waals surface area contributed by atoms with Crippen LogP contribution in [-0.2, 0) is 14.3 Å². The molecular formula is C15H18N2O5S2. The van der Waals surface area contributed by atoms with E-state index in [-0.39, 0.29) is 30.0 Å². The summed E-state index contributed by atoms with van der Waals surface area (Å²) in [7, 11) is 0. The van der Waals surface area contributed by atoms with Crippen LogP contribution in [-0.4, -0.2) is 52.9 Å². The number of esters is 1. The molecule has 1 aliphatic rings. The van der Waals surface area contributed by atoms with Crippen LogP contribution in [0.5, 0.6) is 0 Å². The Morgan fingerprint density at radius 2 is 2.08 bits per heavy atom. The van der Waals surface area contributed by atoms with Crippen molar-refractivity contribution in [1.29, 1.82) is 0 Å². The first-order valence-corrected chi connectivity index (χ1v) is 9.12. The Kier molecular flexibility index (Phi) is 6.00. The molecule has 0 saturated carbocycles. The predicted molar refractivity (Wildman–Crippen MR) is 91.2 cm³/mol. The molecule has 0 radical (unpaired) electrons. The number of amides is 3. The monoisotopic (exact) mass is 370 g/mol. The van der Waals surface area contributed by atoms with Crippen molar-refractivity contribution in [3.05, 3.63) is 21.4 Å². The summed E-state index contributed by atoms with van der Waals surface area (Å²) in [6.07, 6.45) is -0.962. The molecule has 1 aromatic rings. The molecule has 7 nitrogen and oxygen atoms in total. The van der Waals surface area contributed by atoms with Gasteiger partial charge >= 0.3 is 5.97 Å². The van der Waals surface area contributed by atoms with Crippen LogP contribution < -0.4 is 5.32 Å². The number of thiophene rings is 1. The van der Waals surface area contributed by atoms with E-state index in [2.05, 4.69) is 5.32 Å². The minimum Gasteiger partial charge on any atom is -0.449 e. The van der Waals surface area contributed by atoms with E-state index >= 15 is 0 Å². The second kappa shape index (κ2) is 7.80. The number of hydrogen-bond donors (Lipinski definition) is 1. The summed E-state index contributed by atoms with van der Waals surface area (Å²) < 4.78 is 5.16. The number of rotatable bonds is 6. The van der Waals surface area contributed by atoms with Crippen LogP contribution in [0.1, 0.15) is 27.0 Å². The fraction of sp³-hybridized carbons (Fsp3) is 0.467. The van der Waals surface area contributed by atoms with Crippen LogP contribution in [0.25, 0.3) is 0 Å². The third-order valence-electron chi connectivity index (χ3n) is 3.39. The van der Waals surface area contributed by atoms with Crippen molar-refractivity contribution in [3.63, 3.8) is 0 Å². The van der Waals surface area contributed by atoms with E-state index in [0.717, 1.165) is 26.4 Å². The van der Waals surface area contributed by atoms with Crippen LogP contribution in [0, 0.1) is 13.8 Å². The van der Waals surface area contributed by atoms with E-state index in [1.165, 1.54) is 18.3 Å². The zero-order valence-corrected chi connectivity index (χ0v) is 15.2. The van der Waals surface area contributed by atoms with E-state index in [1.807, 2.05) is 13.8 Å². The molecule has 0 unspecified atom stereocenters. The number of carbonyl (C=O) groups excluding carboxylic acids is 4. The highest BCUT2D eigenvalue weighted by Crippen LogP contribution is 2.21. The standard InChI is InChI=1S/C15H18N2O5S2/c1-8-6-11(10(3)24-8)14(20)22-9(2)13(19)16-4-5-17-12(18)7-23-15(17)21/h6,9H,4-5,7H2,1-3H3,(H,16,19)/t9-/m1/s1. The molecule has 1 saturated heterocycles. The Bertz CT molecular complexity index is 669. The first-order valence-electron chi connectivity index (χ1n) is 7.32. The topological polar surface area (TPSA) is 92.8 Å². The second-order valence-corrected chi connectivity index (χ2v) is 7.65. The Labute approximate surface area is 147 Å². The van der Waals surface area contributed by atoms with Crippen LogP contribution in [0.2, 0.25) is 0 Å². The first kappa shape index (κ1) is 18.5. The lowest BCUT2D eigenvalue weighted by Crippen LogP contribution is -2.41. The minimum atomic E-state index is -0.962. The van der Waals surface area contributed by atoms with E-state index in [0.29, 0.717) is 5.56 Å². The predicted octanol–water partition coefficient (Wildman–Crippen LogP) is 1.72. The normalized spacial score (nSPS) is 15.5. The Hall–Kier alpha value is -1.87. The fourth-order valence-corrected chi connectivity index (χ4v) is 3.81. The molecule has 0 spiro atoms. The van der Waals surface area contributed by atoms with Crippen molar-refractivity contribution in [2.75, 3.05) is 18.8 Å². The second-order valence-electron chi connectivity index (χ2n) is 5.27. The maximum Gasteiger partial charge on any atom is 0.340 e. The summed E-state index contributed by atoms with van der Waals surface area (Å²) in [4.78, 5) is 49.8. The third-order valence-corrected chi connectivity index (χ3v) is 5.21. The van der Waals surface area contributed by atoms with Gasteiger partial charge in [-0.05, 0) is 26.8 Å². The molecule has 1 N–H and O–H groups in total. The summed E-state index contributed by atoms with van der Waals surface area (Å²) in [5.41, 5.74) is 0.461. The van der Waals surface area contributed by atoms with E-state index < -0.39 is 18.0 Å². The van der Waals surface area contributed by atoms with Crippen LogP contribution in [0.15, 0.2) is 6.07 Å². The highest BCUT2D eigenvalue weighted by molar-refractivity contribution is 8.14. The smallest absolute Gasteiger partial charge is 0.340 e. The highest BCUT2D eigenvalue weighted by Gasteiger charge is 2.29. The van der Waals surface area contributed by atoms with E-state index in [1.54, 1.807) is 6.07 Å². The van der Waals surface area contributed by atoms with Gasteiger partial charge in [0.25, 0.3) is 11.1 Å². The lowest BCUT2D eigenvalue weighted by molar-refractivity contribution is -0.130. The van der Waals surface area contributed by atoms with Crippen molar-refractivity contribution in [3.8, 4) is 0 Å². The molecule has 0 aliphatic carbocycles. The van der Waals surface area contributed by atoms with E-state index in [4.69, 9.17) is 4.74 Å². The van der Waals surface area contributed by atoms with Crippen LogP contribution >= 0.6 is 23.1 Å². The van der Waals surface area contributed by atoms with Crippen molar-refractivity contribution in [2.45, 2.75) is 26.9 Å². The van der Waals surface area contributed by atoms with Crippen molar-refractivity contribution < 1.29 is 23.9 Å². The molecule has 24 heavy (non-hydrogen) atoms. The van der Waals surface area contributed by atoms with Gasteiger partial charge in [0.15, 0.2) is 6.10 Å². The minimum absolute atomic E-state index is 0.111. The lowest BCUT2D eigenvalue weighted by Gasteiger charge is -2.16. The average molecular weight is 370 g/mol. The van der Waals surface area contributed by atoms with Gasteiger partial charge in [0.05, 0.1) is 11.3 Å².